The molecule has 3 aromatic rings. The molecule has 0 amide bonds. The van der Waals surface area contributed by atoms with Gasteiger partial charge >= 0.3 is 11.9 Å². The van der Waals surface area contributed by atoms with Gasteiger partial charge in [-0.15, -0.1) is 0 Å². The van der Waals surface area contributed by atoms with Crippen molar-refractivity contribution in [1.82, 2.24) is 9.78 Å². The standard InChI is InChI=1S/C24H26N2O5/c1-5-30-23(28)21-20(15(3)4)22(24(29)31-6-2)26(25-21)14-19(27)18-12-11-16-9-7-8-10-17(16)13-18/h7-13,15H,5-6,14H2,1-4H3. The number of ketones is 1. The molecule has 2 aromatic carbocycles. The molecule has 3 rings (SSSR count). The van der Waals surface area contributed by atoms with Crippen LogP contribution in [0, 0.1) is 0 Å². The van der Waals surface area contributed by atoms with Crippen LogP contribution in [0.1, 0.15) is 70.5 Å². The summed E-state index contributed by atoms with van der Waals surface area (Å²) in [4.78, 5) is 38.3. The molecule has 7 heteroatoms. The number of Topliss-reactive ketones (excluding diaryl/α,β-unsaturated/α-hetero) is 1. The van der Waals surface area contributed by atoms with E-state index in [0.717, 1.165) is 10.8 Å². The van der Waals surface area contributed by atoms with Crippen molar-refractivity contribution in [3.63, 3.8) is 0 Å². The van der Waals surface area contributed by atoms with Gasteiger partial charge in [0, 0.05) is 11.1 Å². The number of esters is 2. The van der Waals surface area contributed by atoms with Crippen LogP contribution >= 0.6 is 0 Å². The second kappa shape index (κ2) is 9.55. The summed E-state index contributed by atoms with van der Waals surface area (Å²) in [5, 5.41) is 6.27. The van der Waals surface area contributed by atoms with Gasteiger partial charge in [-0.2, -0.15) is 5.10 Å². The third kappa shape index (κ3) is 4.66. The van der Waals surface area contributed by atoms with Crippen molar-refractivity contribution in [3.8, 4) is 0 Å². The van der Waals surface area contributed by atoms with Gasteiger partial charge in [0.1, 0.15) is 6.54 Å². The van der Waals surface area contributed by atoms with E-state index in [1.807, 2.05) is 44.2 Å². The first-order valence-electron chi connectivity index (χ1n) is 10.3. The summed E-state index contributed by atoms with van der Waals surface area (Å²) >= 11 is 0. The first kappa shape index (κ1) is 22.2. The maximum atomic E-state index is 13.0. The van der Waals surface area contributed by atoms with Crippen LogP contribution in [0.4, 0.5) is 0 Å². The van der Waals surface area contributed by atoms with Gasteiger partial charge in [-0.05, 0) is 36.6 Å². The topological polar surface area (TPSA) is 87.5 Å². The van der Waals surface area contributed by atoms with Gasteiger partial charge in [0.15, 0.2) is 17.2 Å². The number of rotatable bonds is 8. The molecule has 31 heavy (non-hydrogen) atoms. The average molecular weight is 422 g/mol. The molecule has 0 saturated carbocycles. The third-order valence-electron chi connectivity index (χ3n) is 4.87. The van der Waals surface area contributed by atoms with Gasteiger partial charge < -0.3 is 9.47 Å². The van der Waals surface area contributed by atoms with Gasteiger partial charge in [-0.3, -0.25) is 4.79 Å². The molecule has 162 valence electrons. The molecule has 0 spiro atoms. The first-order chi connectivity index (χ1) is 14.9. The van der Waals surface area contributed by atoms with Gasteiger partial charge in [-0.1, -0.05) is 50.2 Å². The molecule has 0 aliphatic heterocycles. The second-order valence-corrected chi connectivity index (χ2v) is 7.35. The summed E-state index contributed by atoms with van der Waals surface area (Å²) in [6.45, 7) is 7.21. The minimum absolute atomic E-state index is 0.0335. The number of benzene rings is 2. The molecule has 1 aromatic heterocycles. The molecular formula is C24H26N2O5. The quantitative estimate of drug-likeness (QED) is 0.395. The van der Waals surface area contributed by atoms with Crippen molar-refractivity contribution >= 4 is 28.5 Å². The Bertz CT molecular complexity index is 1130. The van der Waals surface area contributed by atoms with Gasteiger partial charge in [0.05, 0.1) is 13.2 Å². The number of ether oxygens (including phenoxy) is 2. The average Bonchev–Trinajstić information content (AvgIpc) is 3.13. The van der Waals surface area contributed by atoms with E-state index in [-0.39, 0.29) is 42.8 Å². The predicted molar refractivity (Wildman–Crippen MR) is 117 cm³/mol. The van der Waals surface area contributed by atoms with Crippen molar-refractivity contribution in [1.29, 1.82) is 0 Å². The van der Waals surface area contributed by atoms with E-state index in [9.17, 15) is 14.4 Å². The maximum absolute atomic E-state index is 13.0. The van der Waals surface area contributed by atoms with E-state index < -0.39 is 11.9 Å². The van der Waals surface area contributed by atoms with Crippen LogP contribution in [0.5, 0.6) is 0 Å². The lowest BCUT2D eigenvalue weighted by Crippen LogP contribution is -2.19. The van der Waals surface area contributed by atoms with Crippen LogP contribution in [0.2, 0.25) is 0 Å². The molecule has 0 atom stereocenters. The van der Waals surface area contributed by atoms with Crippen LogP contribution in [0.15, 0.2) is 42.5 Å². The summed E-state index contributed by atoms with van der Waals surface area (Å²) in [5.74, 6) is -1.69. The largest absolute Gasteiger partial charge is 0.461 e. The summed E-state index contributed by atoms with van der Waals surface area (Å²) in [7, 11) is 0. The molecule has 7 nitrogen and oxygen atoms in total. The Hall–Kier alpha value is -3.48. The number of carbonyl (C=O) groups is 3. The number of aromatic nitrogens is 2. The normalized spacial score (nSPS) is 11.0. The Morgan fingerprint density at radius 3 is 2.23 bits per heavy atom. The molecule has 0 saturated heterocycles. The number of carbonyl (C=O) groups excluding carboxylic acids is 3. The highest BCUT2D eigenvalue weighted by molar-refractivity contribution is 6.01. The van der Waals surface area contributed by atoms with Gasteiger partial charge in [0.25, 0.3) is 0 Å². The molecule has 0 fully saturated rings. The lowest BCUT2D eigenvalue weighted by molar-refractivity contribution is 0.0505. The molecule has 0 bridgehead atoms. The molecule has 1 heterocycles. The summed E-state index contributed by atoms with van der Waals surface area (Å²) in [5.41, 5.74) is 1.05. The van der Waals surface area contributed by atoms with E-state index in [0.29, 0.717) is 11.1 Å². The van der Waals surface area contributed by atoms with Crippen molar-refractivity contribution in [3.05, 3.63) is 65.0 Å². The van der Waals surface area contributed by atoms with E-state index >= 15 is 0 Å². The minimum Gasteiger partial charge on any atom is -0.461 e. The predicted octanol–water partition coefficient (Wildman–Crippen LogP) is 4.40. The maximum Gasteiger partial charge on any atom is 0.359 e. The summed E-state index contributed by atoms with van der Waals surface area (Å²) in [6, 6.07) is 13.2. The summed E-state index contributed by atoms with van der Waals surface area (Å²) < 4.78 is 11.6. The second-order valence-electron chi connectivity index (χ2n) is 7.35. The zero-order chi connectivity index (χ0) is 22.5. The fourth-order valence-electron chi connectivity index (χ4n) is 3.49. The number of hydrogen-bond donors (Lipinski definition) is 0. The molecule has 0 unspecified atom stereocenters. The van der Waals surface area contributed by atoms with Crippen LogP contribution in [-0.4, -0.2) is 40.7 Å². The molecule has 0 N–H and O–H groups in total. The van der Waals surface area contributed by atoms with Crippen LogP contribution in [-0.2, 0) is 16.0 Å². The zero-order valence-electron chi connectivity index (χ0n) is 18.2. The lowest BCUT2D eigenvalue weighted by Gasteiger charge is -2.11. The highest BCUT2D eigenvalue weighted by Crippen LogP contribution is 2.26. The van der Waals surface area contributed by atoms with Crippen molar-refractivity contribution in [2.24, 2.45) is 0 Å². The number of nitrogens with zero attached hydrogens (tertiary/aromatic N) is 2. The monoisotopic (exact) mass is 422 g/mol. The van der Waals surface area contributed by atoms with Crippen molar-refractivity contribution in [2.45, 2.75) is 40.2 Å². The van der Waals surface area contributed by atoms with Crippen LogP contribution < -0.4 is 0 Å². The van der Waals surface area contributed by atoms with Gasteiger partial charge in [0.2, 0.25) is 0 Å². The van der Waals surface area contributed by atoms with E-state index in [1.54, 1.807) is 26.0 Å². The highest BCUT2D eigenvalue weighted by Gasteiger charge is 2.31. The Morgan fingerprint density at radius 1 is 0.935 bits per heavy atom. The Morgan fingerprint density at radius 2 is 1.58 bits per heavy atom. The number of fused-ring (bicyclic) bond motifs is 1. The van der Waals surface area contributed by atoms with Crippen molar-refractivity contribution < 1.29 is 23.9 Å². The Kier molecular flexibility index (Phi) is 6.84. The van der Waals surface area contributed by atoms with E-state index in [1.165, 1.54) is 4.68 Å². The van der Waals surface area contributed by atoms with E-state index in [4.69, 9.17) is 9.47 Å². The fourth-order valence-corrected chi connectivity index (χ4v) is 3.49. The van der Waals surface area contributed by atoms with E-state index in [2.05, 4.69) is 5.10 Å². The highest BCUT2D eigenvalue weighted by atomic mass is 16.5. The minimum atomic E-state index is -0.631. The van der Waals surface area contributed by atoms with Gasteiger partial charge in [-0.25, -0.2) is 14.3 Å². The smallest absolute Gasteiger partial charge is 0.359 e. The fraction of sp³-hybridized carbons (Fsp3) is 0.333. The first-order valence-corrected chi connectivity index (χ1v) is 10.3. The third-order valence-corrected chi connectivity index (χ3v) is 4.87. The molecular weight excluding hydrogens is 396 g/mol. The molecule has 0 aliphatic carbocycles. The van der Waals surface area contributed by atoms with Crippen LogP contribution in [0.25, 0.3) is 10.8 Å². The lowest BCUT2D eigenvalue weighted by atomic mass is 10.00. The zero-order valence-corrected chi connectivity index (χ0v) is 18.2. The Labute approximate surface area is 181 Å². The Balaban J connectivity index is 2.05. The van der Waals surface area contributed by atoms with Crippen molar-refractivity contribution in [2.75, 3.05) is 13.2 Å². The van der Waals surface area contributed by atoms with Crippen LogP contribution in [0.3, 0.4) is 0 Å². The molecule has 0 radical (unpaired) electrons. The molecule has 0 aliphatic rings. The number of hydrogen-bond acceptors (Lipinski definition) is 6. The summed E-state index contributed by atoms with van der Waals surface area (Å²) in [6.07, 6.45) is 0. The SMILES string of the molecule is CCOC(=O)c1nn(CC(=O)c2ccc3ccccc3c2)c(C(=O)OCC)c1C(C)C.